The number of carbonyl (C=O) groups is 3. The fourth-order valence-electron chi connectivity index (χ4n) is 3.24. The average Bonchev–Trinajstić information content (AvgIpc) is 2.92. The number of fused-ring (bicyclic) bond motifs is 2. The Hall–Kier alpha value is -1.59. The third-order valence-corrected chi connectivity index (χ3v) is 3.94. The van der Waals surface area contributed by atoms with Crippen LogP contribution in [0.4, 0.5) is 4.79 Å². The van der Waals surface area contributed by atoms with Crippen LogP contribution in [0.25, 0.3) is 0 Å². The lowest BCUT2D eigenvalue weighted by Crippen LogP contribution is -2.53. The number of esters is 1. The monoisotopic (exact) mass is 283 g/mol. The summed E-state index contributed by atoms with van der Waals surface area (Å²) >= 11 is 0. The summed E-state index contributed by atoms with van der Waals surface area (Å²) in [7, 11) is 1.30. The SMILES string of the molecule is COC(=O)[C@@H]1C2CC(C=O)C(C2)N1C(=O)OC(C)(C)C. The molecular formula is C14H21NO5. The molecule has 3 unspecified atom stereocenters. The normalized spacial score (nSPS) is 32.1. The Bertz CT molecular complexity index is 428. The third kappa shape index (κ3) is 2.51. The Morgan fingerprint density at radius 3 is 2.40 bits per heavy atom. The van der Waals surface area contributed by atoms with Crippen molar-refractivity contribution >= 4 is 18.3 Å². The number of likely N-dealkylation sites (tertiary alicyclic amines) is 1. The Morgan fingerprint density at radius 2 is 1.90 bits per heavy atom. The van der Waals surface area contributed by atoms with Gasteiger partial charge in [0.2, 0.25) is 0 Å². The molecule has 2 aliphatic rings. The Balaban J connectivity index is 2.23. The van der Waals surface area contributed by atoms with E-state index in [1.54, 1.807) is 20.8 Å². The highest BCUT2D eigenvalue weighted by atomic mass is 16.6. The summed E-state index contributed by atoms with van der Waals surface area (Å²) < 4.78 is 10.1. The summed E-state index contributed by atoms with van der Waals surface area (Å²) in [5.74, 6) is -0.670. The van der Waals surface area contributed by atoms with E-state index in [0.29, 0.717) is 12.8 Å². The Kier molecular flexibility index (Phi) is 3.75. The average molecular weight is 283 g/mol. The van der Waals surface area contributed by atoms with E-state index in [9.17, 15) is 14.4 Å². The highest BCUT2D eigenvalue weighted by Crippen LogP contribution is 2.46. The van der Waals surface area contributed by atoms with Crippen LogP contribution in [0, 0.1) is 11.8 Å². The summed E-state index contributed by atoms with van der Waals surface area (Å²) in [6, 6.07) is -0.882. The number of methoxy groups -OCH3 is 1. The second-order valence-corrected chi connectivity index (χ2v) is 6.45. The minimum atomic E-state index is -0.643. The fraction of sp³-hybridized carbons (Fsp3) is 0.786. The van der Waals surface area contributed by atoms with Gasteiger partial charge in [-0.2, -0.15) is 0 Å². The van der Waals surface area contributed by atoms with Gasteiger partial charge in [0.25, 0.3) is 0 Å². The van der Waals surface area contributed by atoms with Crippen LogP contribution in [-0.2, 0) is 19.1 Å². The summed E-state index contributed by atoms with van der Waals surface area (Å²) in [5, 5.41) is 0. The molecule has 0 radical (unpaired) electrons. The first-order valence-corrected chi connectivity index (χ1v) is 6.83. The van der Waals surface area contributed by atoms with Gasteiger partial charge in [-0.25, -0.2) is 9.59 Å². The highest BCUT2D eigenvalue weighted by Gasteiger charge is 2.57. The minimum Gasteiger partial charge on any atom is -0.467 e. The zero-order valence-corrected chi connectivity index (χ0v) is 12.3. The number of amides is 1. The van der Waals surface area contributed by atoms with Crippen LogP contribution < -0.4 is 0 Å². The molecule has 1 amide bonds. The predicted molar refractivity (Wildman–Crippen MR) is 69.9 cm³/mol. The Morgan fingerprint density at radius 1 is 1.25 bits per heavy atom. The van der Waals surface area contributed by atoms with Crippen LogP contribution in [0.2, 0.25) is 0 Å². The molecule has 2 fully saturated rings. The smallest absolute Gasteiger partial charge is 0.411 e. The molecule has 1 aliphatic heterocycles. The van der Waals surface area contributed by atoms with Crippen LogP contribution in [0.1, 0.15) is 33.6 Å². The maximum Gasteiger partial charge on any atom is 0.411 e. The van der Waals surface area contributed by atoms with E-state index in [2.05, 4.69) is 0 Å². The number of nitrogens with zero attached hydrogens (tertiary/aromatic N) is 1. The van der Waals surface area contributed by atoms with E-state index in [0.717, 1.165) is 6.29 Å². The van der Waals surface area contributed by atoms with E-state index in [-0.39, 0.29) is 17.9 Å². The first-order valence-electron chi connectivity index (χ1n) is 6.83. The van der Waals surface area contributed by atoms with Gasteiger partial charge in [-0.15, -0.1) is 0 Å². The summed E-state index contributed by atoms with van der Waals surface area (Å²) in [6.07, 6.45) is 1.61. The van der Waals surface area contributed by atoms with E-state index >= 15 is 0 Å². The molecule has 4 atom stereocenters. The van der Waals surface area contributed by atoms with Gasteiger partial charge >= 0.3 is 12.1 Å². The van der Waals surface area contributed by atoms with E-state index < -0.39 is 23.7 Å². The van der Waals surface area contributed by atoms with Crippen LogP contribution in [0.5, 0.6) is 0 Å². The number of rotatable bonds is 2. The van der Waals surface area contributed by atoms with Crippen molar-refractivity contribution in [2.24, 2.45) is 11.8 Å². The van der Waals surface area contributed by atoms with Crippen molar-refractivity contribution in [3.63, 3.8) is 0 Å². The molecule has 0 aromatic carbocycles. The largest absolute Gasteiger partial charge is 0.467 e. The minimum absolute atomic E-state index is 0.0184. The summed E-state index contributed by atoms with van der Waals surface area (Å²) in [5.41, 5.74) is -0.643. The van der Waals surface area contributed by atoms with Gasteiger partial charge in [0.15, 0.2) is 0 Å². The highest BCUT2D eigenvalue weighted by molar-refractivity contribution is 5.84. The molecule has 0 aromatic rings. The van der Waals surface area contributed by atoms with Crippen molar-refractivity contribution < 1.29 is 23.9 Å². The zero-order chi connectivity index (χ0) is 15.1. The predicted octanol–water partition coefficient (Wildman–Crippen LogP) is 1.37. The number of hydrogen-bond acceptors (Lipinski definition) is 5. The standard InChI is InChI=1S/C14H21NO5/c1-14(2,3)20-13(18)15-10-6-8(5-9(10)7-16)11(15)12(17)19-4/h7-11H,5-6H2,1-4H3/t8?,9?,10?,11-/m0/s1. The molecule has 6 heteroatoms. The molecule has 2 rings (SSSR count). The lowest BCUT2D eigenvalue weighted by molar-refractivity contribution is -0.149. The van der Waals surface area contributed by atoms with Crippen molar-refractivity contribution in [3.05, 3.63) is 0 Å². The van der Waals surface area contributed by atoms with E-state index in [1.807, 2.05) is 0 Å². The number of aldehydes is 1. The molecule has 6 nitrogen and oxygen atoms in total. The van der Waals surface area contributed by atoms with Crippen molar-refractivity contribution in [3.8, 4) is 0 Å². The molecular weight excluding hydrogens is 262 g/mol. The van der Waals surface area contributed by atoms with Gasteiger partial charge < -0.3 is 14.3 Å². The van der Waals surface area contributed by atoms with E-state index in [4.69, 9.17) is 9.47 Å². The first-order chi connectivity index (χ1) is 9.28. The molecule has 1 aliphatic carbocycles. The van der Waals surface area contributed by atoms with Gasteiger partial charge in [-0.05, 0) is 39.5 Å². The van der Waals surface area contributed by atoms with Crippen LogP contribution in [0.15, 0.2) is 0 Å². The zero-order valence-electron chi connectivity index (χ0n) is 12.3. The van der Waals surface area contributed by atoms with Gasteiger partial charge in [0.1, 0.15) is 17.9 Å². The molecule has 0 N–H and O–H groups in total. The molecule has 1 heterocycles. The van der Waals surface area contributed by atoms with Gasteiger partial charge in [0, 0.05) is 12.0 Å². The van der Waals surface area contributed by atoms with Gasteiger partial charge in [-0.3, -0.25) is 4.90 Å². The maximum atomic E-state index is 12.3. The first kappa shape index (κ1) is 14.8. The quantitative estimate of drug-likeness (QED) is 0.565. The lowest BCUT2D eigenvalue weighted by Gasteiger charge is -2.36. The molecule has 20 heavy (non-hydrogen) atoms. The number of ether oxygens (including phenoxy) is 2. The number of piperidine rings is 1. The Labute approximate surface area is 118 Å². The third-order valence-electron chi connectivity index (χ3n) is 3.94. The van der Waals surface area contributed by atoms with Crippen LogP contribution >= 0.6 is 0 Å². The van der Waals surface area contributed by atoms with Crippen molar-refractivity contribution in [1.82, 2.24) is 4.90 Å². The van der Waals surface area contributed by atoms with E-state index in [1.165, 1.54) is 12.0 Å². The van der Waals surface area contributed by atoms with Crippen molar-refractivity contribution in [1.29, 1.82) is 0 Å². The number of hydrogen-bond donors (Lipinski definition) is 0. The second-order valence-electron chi connectivity index (χ2n) is 6.45. The van der Waals surface area contributed by atoms with Crippen molar-refractivity contribution in [2.75, 3.05) is 7.11 Å². The molecule has 0 aromatic heterocycles. The number of carbonyl (C=O) groups excluding carboxylic acids is 3. The summed E-state index contributed by atoms with van der Waals surface area (Å²) in [6.45, 7) is 5.30. The molecule has 112 valence electrons. The van der Waals surface area contributed by atoms with Crippen LogP contribution in [-0.4, -0.2) is 48.0 Å². The second kappa shape index (κ2) is 5.07. The summed E-state index contributed by atoms with van der Waals surface area (Å²) in [4.78, 5) is 36.8. The lowest BCUT2D eigenvalue weighted by atomic mass is 9.93. The molecule has 1 saturated heterocycles. The van der Waals surface area contributed by atoms with Gasteiger partial charge in [-0.1, -0.05) is 0 Å². The molecule has 1 saturated carbocycles. The van der Waals surface area contributed by atoms with Crippen LogP contribution in [0.3, 0.4) is 0 Å². The fourth-order valence-corrected chi connectivity index (χ4v) is 3.24. The molecule has 2 bridgehead atoms. The topological polar surface area (TPSA) is 72.9 Å². The molecule has 0 spiro atoms. The maximum absolute atomic E-state index is 12.3. The van der Waals surface area contributed by atoms with Crippen molar-refractivity contribution in [2.45, 2.75) is 51.3 Å². The van der Waals surface area contributed by atoms with Gasteiger partial charge in [0.05, 0.1) is 7.11 Å².